The first kappa shape index (κ1) is 12.0. The van der Waals surface area contributed by atoms with E-state index in [0.29, 0.717) is 0 Å². The first-order valence-corrected chi connectivity index (χ1v) is 6.01. The van der Waals surface area contributed by atoms with Crippen molar-refractivity contribution in [2.24, 2.45) is 11.8 Å². The lowest BCUT2D eigenvalue weighted by Crippen LogP contribution is -2.46. The van der Waals surface area contributed by atoms with E-state index in [4.69, 9.17) is 0 Å². The fourth-order valence-electron chi connectivity index (χ4n) is 2.69. The van der Waals surface area contributed by atoms with Gasteiger partial charge in [0.05, 0.1) is 0 Å². The molecular weight excluding hydrogens is 172 g/mol. The summed E-state index contributed by atoms with van der Waals surface area (Å²) in [6.45, 7) is 7.15. The molecule has 1 N–H and O–H groups in total. The predicted molar refractivity (Wildman–Crippen MR) is 62.5 cm³/mol. The lowest BCUT2D eigenvalue weighted by atomic mass is 9.83. The number of hydrogen-bond acceptors (Lipinski definition) is 2. The Bertz CT molecular complexity index is 154. The molecule has 1 aliphatic heterocycles. The van der Waals surface area contributed by atoms with E-state index in [1.54, 1.807) is 0 Å². The molecule has 0 radical (unpaired) electrons. The van der Waals surface area contributed by atoms with Crippen molar-refractivity contribution >= 4 is 0 Å². The second kappa shape index (κ2) is 5.72. The number of rotatable bonds is 4. The molecule has 0 saturated carbocycles. The van der Waals surface area contributed by atoms with Crippen molar-refractivity contribution in [1.82, 2.24) is 10.2 Å². The number of hydrogen-bond donors (Lipinski definition) is 1. The Balaban J connectivity index is 2.55. The van der Waals surface area contributed by atoms with Crippen LogP contribution in [0.15, 0.2) is 0 Å². The minimum absolute atomic E-state index is 0.785. The second-order valence-corrected chi connectivity index (χ2v) is 5.01. The summed E-state index contributed by atoms with van der Waals surface area (Å²) in [5.74, 6) is 1.60. The van der Waals surface area contributed by atoms with Crippen molar-refractivity contribution < 1.29 is 0 Å². The fraction of sp³-hybridized carbons (Fsp3) is 1.00. The van der Waals surface area contributed by atoms with Crippen LogP contribution in [0.3, 0.4) is 0 Å². The Kier molecular flexibility index (Phi) is 4.90. The summed E-state index contributed by atoms with van der Waals surface area (Å²) >= 11 is 0. The van der Waals surface area contributed by atoms with E-state index in [1.807, 2.05) is 0 Å². The number of nitrogens with one attached hydrogen (secondary N) is 1. The molecule has 2 unspecified atom stereocenters. The van der Waals surface area contributed by atoms with Crippen LogP contribution >= 0.6 is 0 Å². The topological polar surface area (TPSA) is 15.3 Å². The molecule has 1 fully saturated rings. The highest BCUT2D eigenvalue weighted by atomic mass is 15.1. The van der Waals surface area contributed by atoms with E-state index in [-0.39, 0.29) is 0 Å². The van der Waals surface area contributed by atoms with E-state index in [9.17, 15) is 0 Å². The van der Waals surface area contributed by atoms with Crippen LogP contribution in [0, 0.1) is 11.8 Å². The molecule has 1 aliphatic rings. The summed E-state index contributed by atoms with van der Waals surface area (Å²) < 4.78 is 0. The van der Waals surface area contributed by atoms with Crippen LogP contribution in [0.1, 0.15) is 33.1 Å². The van der Waals surface area contributed by atoms with Gasteiger partial charge in [0.1, 0.15) is 0 Å². The SMILES string of the molecule is CNCC(C(C)C)C1CCCCN1C. The third-order valence-electron chi connectivity index (χ3n) is 3.62. The first-order valence-electron chi connectivity index (χ1n) is 6.01. The van der Waals surface area contributed by atoms with Gasteiger partial charge in [-0.05, 0) is 51.9 Å². The highest BCUT2D eigenvalue weighted by molar-refractivity contribution is 4.83. The van der Waals surface area contributed by atoms with Gasteiger partial charge >= 0.3 is 0 Å². The normalized spacial score (nSPS) is 26.8. The molecule has 14 heavy (non-hydrogen) atoms. The number of nitrogens with zero attached hydrogens (tertiary/aromatic N) is 1. The summed E-state index contributed by atoms with van der Waals surface area (Å²) in [5.41, 5.74) is 0. The molecule has 1 heterocycles. The minimum atomic E-state index is 0.785. The smallest absolute Gasteiger partial charge is 0.0135 e. The van der Waals surface area contributed by atoms with Gasteiger partial charge in [-0.3, -0.25) is 0 Å². The monoisotopic (exact) mass is 198 g/mol. The summed E-state index contributed by atoms with van der Waals surface area (Å²) in [6.07, 6.45) is 4.19. The molecule has 1 rings (SSSR count). The van der Waals surface area contributed by atoms with Gasteiger partial charge in [0.25, 0.3) is 0 Å². The maximum atomic E-state index is 3.34. The Hall–Kier alpha value is -0.0800. The van der Waals surface area contributed by atoms with Crippen LogP contribution < -0.4 is 5.32 Å². The van der Waals surface area contributed by atoms with Gasteiger partial charge in [-0.1, -0.05) is 20.3 Å². The van der Waals surface area contributed by atoms with Gasteiger partial charge in [0.15, 0.2) is 0 Å². The van der Waals surface area contributed by atoms with Gasteiger partial charge in [0, 0.05) is 6.04 Å². The Morgan fingerprint density at radius 1 is 1.36 bits per heavy atom. The lowest BCUT2D eigenvalue weighted by molar-refractivity contribution is 0.104. The maximum absolute atomic E-state index is 3.34. The van der Waals surface area contributed by atoms with Gasteiger partial charge in [-0.2, -0.15) is 0 Å². The summed E-state index contributed by atoms with van der Waals surface area (Å²) in [7, 11) is 4.35. The average Bonchev–Trinajstić information content (AvgIpc) is 2.15. The zero-order valence-corrected chi connectivity index (χ0v) is 10.2. The Morgan fingerprint density at radius 2 is 2.07 bits per heavy atom. The molecule has 1 saturated heterocycles. The molecule has 0 aliphatic carbocycles. The number of piperidine rings is 1. The Labute approximate surface area is 89.1 Å². The van der Waals surface area contributed by atoms with Crippen LogP contribution in [0.4, 0.5) is 0 Å². The molecule has 2 atom stereocenters. The van der Waals surface area contributed by atoms with Crippen molar-refractivity contribution in [3.05, 3.63) is 0 Å². The van der Waals surface area contributed by atoms with Crippen molar-refractivity contribution in [1.29, 1.82) is 0 Å². The average molecular weight is 198 g/mol. The van der Waals surface area contributed by atoms with Crippen molar-refractivity contribution in [3.8, 4) is 0 Å². The van der Waals surface area contributed by atoms with E-state index in [2.05, 4.69) is 38.2 Å². The van der Waals surface area contributed by atoms with Gasteiger partial charge < -0.3 is 10.2 Å². The second-order valence-electron chi connectivity index (χ2n) is 5.01. The summed E-state index contributed by atoms with van der Waals surface area (Å²) in [5, 5.41) is 3.34. The van der Waals surface area contributed by atoms with Crippen LogP contribution in [0.5, 0.6) is 0 Å². The molecule has 0 aromatic heterocycles. The summed E-state index contributed by atoms with van der Waals surface area (Å²) in [6, 6.07) is 0.802. The van der Waals surface area contributed by atoms with Crippen molar-refractivity contribution in [2.45, 2.75) is 39.2 Å². The molecular formula is C12H26N2. The third kappa shape index (κ3) is 2.96. The van der Waals surface area contributed by atoms with Gasteiger partial charge in [0.2, 0.25) is 0 Å². The van der Waals surface area contributed by atoms with Gasteiger partial charge in [-0.25, -0.2) is 0 Å². The largest absolute Gasteiger partial charge is 0.319 e. The molecule has 2 nitrogen and oxygen atoms in total. The van der Waals surface area contributed by atoms with Crippen LogP contribution in [0.25, 0.3) is 0 Å². The molecule has 0 aromatic carbocycles. The summed E-state index contributed by atoms with van der Waals surface area (Å²) in [4.78, 5) is 2.56. The van der Waals surface area contributed by atoms with E-state index in [0.717, 1.165) is 24.4 Å². The third-order valence-corrected chi connectivity index (χ3v) is 3.62. The van der Waals surface area contributed by atoms with E-state index < -0.39 is 0 Å². The van der Waals surface area contributed by atoms with Crippen LogP contribution in [0.2, 0.25) is 0 Å². The highest BCUT2D eigenvalue weighted by Gasteiger charge is 2.28. The maximum Gasteiger partial charge on any atom is 0.0135 e. The Morgan fingerprint density at radius 3 is 2.57 bits per heavy atom. The molecule has 0 bridgehead atoms. The molecule has 84 valence electrons. The zero-order valence-electron chi connectivity index (χ0n) is 10.2. The van der Waals surface area contributed by atoms with Crippen LogP contribution in [-0.4, -0.2) is 38.1 Å². The molecule has 0 spiro atoms. The molecule has 2 heteroatoms. The van der Waals surface area contributed by atoms with Crippen molar-refractivity contribution in [3.63, 3.8) is 0 Å². The number of likely N-dealkylation sites (tertiary alicyclic amines) is 1. The van der Waals surface area contributed by atoms with E-state index >= 15 is 0 Å². The highest BCUT2D eigenvalue weighted by Crippen LogP contribution is 2.26. The molecule has 0 aromatic rings. The minimum Gasteiger partial charge on any atom is -0.319 e. The fourth-order valence-corrected chi connectivity index (χ4v) is 2.69. The van der Waals surface area contributed by atoms with Gasteiger partial charge in [-0.15, -0.1) is 0 Å². The first-order chi connectivity index (χ1) is 6.66. The predicted octanol–water partition coefficient (Wildman–Crippen LogP) is 1.96. The zero-order chi connectivity index (χ0) is 10.6. The van der Waals surface area contributed by atoms with Crippen LogP contribution in [-0.2, 0) is 0 Å². The standard InChI is InChI=1S/C12H26N2/c1-10(2)11(9-13-3)12-7-5-6-8-14(12)4/h10-13H,5-9H2,1-4H3. The quantitative estimate of drug-likeness (QED) is 0.743. The van der Waals surface area contributed by atoms with Crippen molar-refractivity contribution in [2.75, 3.05) is 27.2 Å². The molecule has 0 amide bonds. The van der Waals surface area contributed by atoms with E-state index in [1.165, 1.54) is 25.8 Å². The lowest BCUT2D eigenvalue weighted by Gasteiger charge is -2.40.